The zero-order valence-corrected chi connectivity index (χ0v) is 17.7. The highest BCUT2D eigenvalue weighted by Crippen LogP contribution is 2.14. The van der Waals surface area contributed by atoms with Crippen LogP contribution in [-0.2, 0) is 11.2 Å². The van der Waals surface area contributed by atoms with Gasteiger partial charge in [0.25, 0.3) is 0 Å². The van der Waals surface area contributed by atoms with Gasteiger partial charge >= 0.3 is 0 Å². The molecule has 0 bridgehead atoms. The number of nitrogens with one attached hydrogen (secondary N) is 1. The predicted molar refractivity (Wildman–Crippen MR) is 115 cm³/mol. The highest BCUT2D eigenvalue weighted by atomic mass is 19.1. The number of piperazine rings is 1. The van der Waals surface area contributed by atoms with E-state index in [0.717, 1.165) is 76.6 Å². The number of rotatable bonds is 6. The van der Waals surface area contributed by atoms with E-state index in [-0.39, 0.29) is 17.8 Å². The first-order valence-electron chi connectivity index (χ1n) is 10.9. The minimum Gasteiger partial charge on any atom is -0.357 e. The summed E-state index contributed by atoms with van der Waals surface area (Å²) in [5.41, 5.74) is 1.09. The van der Waals surface area contributed by atoms with Crippen molar-refractivity contribution < 1.29 is 9.18 Å². The van der Waals surface area contributed by atoms with Crippen LogP contribution in [-0.4, -0.2) is 85.0 Å². The van der Waals surface area contributed by atoms with E-state index < -0.39 is 0 Å². The van der Waals surface area contributed by atoms with Gasteiger partial charge in [-0.1, -0.05) is 12.1 Å². The third kappa shape index (κ3) is 5.92. The van der Waals surface area contributed by atoms with Crippen LogP contribution in [0.4, 0.5) is 4.39 Å². The van der Waals surface area contributed by atoms with Crippen molar-refractivity contribution in [3.63, 3.8) is 0 Å². The van der Waals surface area contributed by atoms with Crippen molar-refractivity contribution >= 4 is 11.9 Å². The lowest BCUT2D eigenvalue weighted by molar-refractivity contribution is -0.135. The fourth-order valence-corrected chi connectivity index (χ4v) is 4.05. The Bertz CT molecular complexity index is 679. The molecule has 0 aliphatic carbocycles. The normalized spacial score (nSPS) is 19.5. The van der Waals surface area contributed by atoms with Crippen molar-refractivity contribution in [1.82, 2.24) is 20.0 Å². The Morgan fingerprint density at radius 3 is 2.34 bits per heavy atom. The number of aliphatic imine (C=N–C) groups is 1. The number of guanidine groups is 1. The molecule has 6 nitrogen and oxygen atoms in total. The van der Waals surface area contributed by atoms with Crippen LogP contribution < -0.4 is 5.32 Å². The van der Waals surface area contributed by atoms with Crippen molar-refractivity contribution in [1.29, 1.82) is 0 Å². The zero-order valence-electron chi connectivity index (χ0n) is 17.7. The van der Waals surface area contributed by atoms with E-state index in [2.05, 4.69) is 22.0 Å². The lowest BCUT2D eigenvalue weighted by Crippen LogP contribution is -2.57. The third-order valence-corrected chi connectivity index (χ3v) is 5.85. The number of likely N-dealkylation sites (tertiary alicyclic amines) is 1. The van der Waals surface area contributed by atoms with E-state index in [0.29, 0.717) is 6.54 Å². The number of benzene rings is 1. The Labute approximate surface area is 173 Å². The maximum Gasteiger partial charge on any atom is 0.239 e. The summed E-state index contributed by atoms with van der Waals surface area (Å²) in [7, 11) is 0. The van der Waals surface area contributed by atoms with Crippen molar-refractivity contribution in [2.45, 2.75) is 39.2 Å². The number of amides is 1. The highest BCUT2D eigenvalue weighted by Gasteiger charge is 2.30. The standard InChI is InChI=1S/C22H34FN5O/c1-3-24-22(25-11-10-19-6-8-20(23)9-7-19)28-16-14-26(15-17-28)18(2)21(29)27-12-4-5-13-27/h6-9,18H,3-5,10-17H2,1-2H3,(H,24,25). The quantitative estimate of drug-likeness (QED) is 0.583. The molecule has 0 spiro atoms. The number of nitrogens with zero attached hydrogens (tertiary/aromatic N) is 4. The summed E-state index contributed by atoms with van der Waals surface area (Å²) in [6, 6.07) is 6.57. The fraction of sp³-hybridized carbons (Fsp3) is 0.636. The lowest BCUT2D eigenvalue weighted by Gasteiger charge is -2.39. The molecule has 1 aromatic carbocycles. The molecule has 3 rings (SSSR count). The van der Waals surface area contributed by atoms with Gasteiger partial charge in [0.1, 0.15) is 5.82 Å². The van der Waals surface area contributed by atoms with Gasteiger partial charge in [0.15, 0.2) is 5.96 Å². The SMILES string of the molecule is CCNC(=NCCc1ccc(F)cc1)N1CCN(C(C)C(=O)N2CCCC2)CC1. The van der Waals surface area contributed by atoms with Crippen LogP contribution in [0.15, 0.2) is 29.3 Å². The minimum absolute atomic E-state index is 0.0479. The van der Waals surface area contributed by atoms with Gasteiger partial charge in [-0.3, -0.25) is 14.7 Å². The molecule has 0 aromatic heterocycles. The van der Waals surface area contributed by atoms with E-state index in [1.807, 2.05) is 24.0 Å². The van der Waals surface area contributed by atoms with Gasteiger partial charge in [-0.2, -0.15) is 0 Å². The Kier molecular flexibility index (Phi) is 7.86. The summed E-state index contributed by atoms with van der Waals surface area (Å²) in [4.78, 5) is 24.0. The molecule has 0 radical (unpaired) electrons. The van der Waals surface area contributed by atoms with E-state index in [1.165, 1.54) is 12.1 Å². The fourth-order valence-electron chi connectivity index (χ4n) is 4.05. The van der Waals surface area contributed by atoms with E-state index >= 15 is 0 Å². The van der Waals surface area contributed by atoms with Crippen molar-refractivity contribution in [3.8, 4) is 0 Å². The number of carbonyl (C=O) groups excluding carboxylic acids is 1. The molecule has 160 valence electrons. The summed E-state index contributed by atoms with van der Waals surface area (Å²) in [5, 5.41) is 3.38. The van der Waals surface area contributed by atoms with Gasteiger partial charge in [-0.15, -0.1) is 0 Å². The Morgan fingerprint density at radius 1 is 1.07 bits per heavy atom. The molecule has 2 aliphatic heterocycles. The van der Waals surface area contributed by atoms with Crippen LogP contribution in [0.3, 0.4) is 0 Å². The monoisotopic (exact) mass is 403 g/mol. The summed E-state index contributed by atoms with van der Waals surface area (Å²) in [5.74, 6) is 0.990. The molecule has 1 unspecified atom stereocenters. The molecule has 1 atom stereocenters. The third-order valence-electron chi connectivity index (χ3n) is 5.85. The first kappa shape index (κ1) is 21.6. The Hall–Kier alpha value is -2.15. The van der Waals surface area contributed by atoms with Gasteiger partial charge in [-0.25, -0.2) is 4.39 Å². The average Bonchev–Trinajstić information content (AvgIpc) is 3.28. The molecule has 2 aliphatic rings. The molecule has 2 fully saturated rings. The molecule has 1 amide bonds. The molecule has 2 saturated heterocycles. The number of hydrogen-bond acceptors (Lipinski definition) is 3. The predicted octanol–water partition coefficient (Wildman–Crippen LogP) is 1.96. The Balaban J connectivity index is 1.50. The van der Waals surface area contributed by atoms with Crippen LogP contribution in [0.1, 0.15) is 32.3 Å². The van der Waals surface area contributed by atoms with Gasteiger partial charge in [-0.05, 0) is 50.8 Å². The molecular formula is C22H34FN5O. The second kappa shape index (κ2) is 10.6. The molecule has 7 heteroatoms. The van der Waals surface area contributed by atoms with Crippen LogP contribution in [0, 0.1) is 5.82 Å². The summed E-state index contributed by atoms with van der Waals surface area (Å²) >= 11 is 0. The van der Waals surface area contributed by atoms with Gasteiger partial charge in [0, 0.05) is 52.4 Å². The minimum atomic E-state index is -0.207. The second-order valence-corrected chi connectivity index (χ2v) is 7.84. The Morgan fingerprint density at radius 2 is 1.72 bits per heavy atom. The van der Waals surface area contributed by atoms with E-state index in [9.17, 15) is 9.18 Å². The largest absolute Gasteiger partial charge is 0.357 e. The number of halogens is 1. The van der Waals surface area contributed by atoms with Crippen molar-refractivity contribution in [2.24, 2.45) is 4.99 Å². The van der Waals surface area contributed by atoms with E-state index in [4.69, 9.17) is 4.99 Å². The topological polar surface area (TPSA) is 51.2 Å². The highest BCUT2D eigenvalue weighted by molar-refractivity contribution is 5.82. The zero-order chi connectivity index (χ0) is 20.6. The molecule has 0 saturated carbocycles. The summed E-state index contributed by atoms with van der Waals surface area (Å²) in [6.45, 7) is 10.9. The van der Waals surface area contributed by atoms with Gasteiger partial charge < -0.3 is 15.1 Å². The summed E-state index contributed by atoms with van der Waals surface area (Å²) < 4.78 is 13.0. The van der Waals surface area contributed by atoms with Gasteiger partial charge in [0.05, 0.1) is 6.04 Å². The van der Waals surface area contributed by atoms with Gasteiger partial charge in [0.2, 0.25) is 5.91 Å². The second-order valence-electron chi connectivity index (χ2n) is 7.84. The first-order chi connectivity index (χ1) is 14.1. The van der Waals surface area contributed by atoms with Crippen molar-refractivity contribution in [2.75, 3.05) is 52.4 Å². The maximum atomic E-state index is 13.0. The lowest BCUT2D eigenvalue weighted by atomic mass is 10.1. The number of hydrogen-bond donors (Lipinski definition) is 1. The van der Waals surface area contributed by atoms with Crippen molar-refractivity contribution in [3.05, 3.63) is 35.6 Å². The van der Waals surface area contributed by atoms with Crippen LogP contribution in [0.5, 0.6) is 0 Å². The average molecular weight is 404 g/mol. The molecular weight excluding hydrogens is 369 g/mol. The molecule has 1 N–H and O–H groups in total. The molecule has 1 aromatic rings. The van der Waals surface area contributed by atoms with Crippen LogP contribution in [0.2, 0.25) is 0 Å². The van der Waals surface area contributed by atoms with Crippen LogP contribution in [0.25, 0.3) is 0 Å². The molecule has 29 heavy (non-hydrogen) atoms. The number of carbonyl (C=O) groups is 1. The summed E-state index contributed by atoms with van der Waals surface area (Å²) in [6.07, 6.45) is 3.05. The molecule has 2 heterocycles. The van der Waals surface area contributed by atoms with E-state index in [1.54, 1.807) is 0 Å². The maximum absolute atomic E-state index is 13.0. The first-order valence-corrected chi connectivity index (χ1v) is 10.9. The van der Waals surface area contributed by atoms with Crippen LogP contribution >= 0.6 is 0 Å². The smallest absolute Gasteiger partial charge is 0.239 e.